The molecule has 96 valence electrons. The van der Waals surface area contributed by atoms with E-state index >= 15 is 0 Å². The Morgan fingerprint density at radius 3 is 2.50 bits per heavy atom. The minimum atomic E-state index is -4.49. The molecule has 0 fully saturated rings. The molecule has 0 saturated heterocycles. The highest BCUT2D eigenvalue weighted by Crippen LogP contribution is 2.37. The molecule has 1 N–H and O–H groups in total. The number of alkyl halides is 3. The van der Waals surface area contributed by atoms with Crippen molar-refractivity contribution in [2.75, 3.05) is 0 Å². The topological polar surface area (TPSA) is 33.1 Å². The molecular formula is C11H7BrF3NOS. The van der Waals surface area contributed by atoms with Crippen LogP contribution in [-0.2, 0) is 6.18 Å². The number of nitrogens with zero attached hydrogens (tertiary/aromatic N) is 1. The summed E-state index contributed by atoms with van der Waals surface area (Å²) in [4.78, 5) is 3.93. The smallest absolute Gasteiger partial charge is 0.381 e. The summed E-state index contributed by atoms with van der Waals surface area (Å²) in [6, 6.07) is 4.94. The van der Waals surface area contributed by atoms with E-state index in [4.69, 9.17) is 0 Å². The Hall–Kier alpha value is -0.920. The Morgan fingerprint density at radius 2 is 1.94 bits per heavy atom. The van der Waals surface area contributed by atoms with Gasteiger partial charge in [-0.05, 0) is 27.6 Å². The quantitative estimate of drug-likeness (QED) is 0.898. The molecule has 1 aromatic heterocycles. The maximum Gasteiger partial charge on any atom is 0.416 e. The number of thiazole rings is 1. The van der Waals surface area contributed by atoms with Gasteiger partial charge in [-0.15, -0.1) is 11.3 Å². The van der Waals surface area contributed by atoms with Crippen molar-refractivity contribution in [1.29, 1.82) is 0 Å². The minimum absolute atomic E-state index is 0.188. The summed E-state index contributed by atoms with van der Waals surface area (Å²) in [5.74, 6) is 0. The number of hydrogen-bond donors (Lipinski definition) is 1. The summed E-state index contributed by atoms with van der Waals surface area (Å²) in [6.45, 7) is 0. The van der Waals surface area contributed by atoms with Gasteiger partial charge in [0, 0.05) is 5.38 Å². The van der Waals surface area contributed by atoms with Gasteiger partial charge in [0.1, 0.15) is 15.7 Å². The maximum atomic E-state index is 12.8. The van der Waals surface area contributed by atoms with Crippen molar-refractivity contribution in [1.82, 2.24) is 4.98 Å². The fourth-order valence-electron chi connectivity index (χ4n) is 1.52. The van der Waals surface area contributed by atoms with Crippen LogP contribution in [0.5, 0.6) is 0 Å². The number of aromatic nitrogens is 1. The first-order valence-electron chi connectivity index (χ1n) is 4.84. The number of rotatable bonds is 2. The van der Waals surface area contributed by atoms with Gasteiger partial charge in [-0.1, -0.05) is 18.2 Å². The van der Waals surface area contributed by atoms with Crippen molar-refractivity contribution in [2.45, 2.75) is 12.3 Å². The molecule has 0 radical (unpaired) electrons. The van der Waals surface area contributed by atoms with Crippen molar-refractivity contribution in [2.24, 2.45) is 0 Å². The van der Waals surface area contributed by atoms with Crippen LogP contribution in [-0.4, -0.2) is 10.1 Å². The van der Waals surface area contributed by atoms with Gasteiger partial charge in [-0.25, -0.2) is 4.98 Å². The molecule has 0 spiro atoms. The number of benzene rings is 1. The van der Waals surface area contributed by atoms with E-state index in [0.29, 0.717) is 4.60 Å². The van der Waals surface area contributed by atoms with E-state index in [2.05, 4.69) is 20.9 Å². The molecule has 2 aromatic rings. The lowest BCUT2D eigenvalue weighted by atomic mass is 10.0. The maximum absolute atomic E-state index is 12.8. The minimum Gasteiger partial charge on any atom is -0.381 e. The molecule has 2 nitrogen and oxygen atoms in total. The molecule has 0 aliphatic heterocycles. The third-order valence-corrected chi connectivity index (χ3v) is 3.90. The molecule has 1 unspecified atom stereocenters. The molecule has 1 aromatic carbocycles. The highest BCUT2D eigenvalue weighted by molar-refractivity contribution is 9.10. The van der Waals surface area contributed by atoms with E-state index in [1.54, 1.807) is 5.38 Å². The standard InChI is InChI=1S/C11H7BrF3NOS/c12-8-5-18-10(16-8)9(17)6-3-1-2-4-7(6)11(13,14)15/h1-5,9,17H. The third kappa shape index (κ3) is 2.73. The highest BCUT2D eigenvalue weighted by atomic mass is 79.9. The predicted molar refractivity (Wildman–Crippen MR) is 65.3 cm³/mol. The largest absolute Gasteiger partial charge is 0.416 e. The predicted octanol–water partition coefficient (Wildman–Crippen LogP) is 4.01. The Morgan fingerprint density at radius 1 is 1.28 bits per heavy atom. The second-order valence-corrected chi connectivity index (χ2v) is 5.20. The van der Waals surface area contributed by atoms with Crippen molar-refractivity contribution in [3.8, 4) is 0 Å². The number of halogens is 4. The van der Waals surface area contributed by atoms with E-state index in [1.165, 1.54) is 18.2 Å². The fourth-order valence-corrected chi connectivity index (χ4v) is 2.79. The lowest BCUT2D eigenvalue weighted by Crippen LogP contribution is -2.12. The van der Waals surface area contributed by atoms with Gasteiger partial charge in [-0.2, -0.15) is 13.2 Å². The van der Waals surface area contributed by atoms with Gasteiger partial charge >= 0.3 is 6.18 Å². The second kappa shape index (κ2) is 4.99. The van der Waals surface area contributed by atoms with Crippen LogP contribution in [0.25, 0.3) is 0 Å². The number of aliphatic hydroxyl groups is 1. The molecule has 7 heteroatoms. The number of hydrogen-bond acceptors (Lipinski definition) is 3. The van der Waals surface area contributed by atoms with E-state index in [9.17, 15) is 18.3 Å². The van der Waals surface area contributed by atoms with Crippen LogP contribution in [0.15, 0.2) is 34.2 Å². The van der Waals surface area contributed by atoms with Crippen molar-refractivity contribution < 1.29 is 18.3 Å². The lowest BCUT2D eigenvalue weighted by molar-refractivity contribution is -0.139. The monoisotopic (exact) mass is 337 g/mol. The molecule has 0 saturated carbocycles. The zero-order valence-corrected chi connectivity index (χ0v) is 11.2. The van der Waals surface area contributed by atoms with Gasteiger partial charge in [0.05, 0.1) is 5.56 Å². The summed E-state index contributed by atoms with van der Waals surface area (Å²) in [7, 11) is 0. The molecule has 18 heavy (non-hydrogen) atoms. The summed E-state index contributed by atoms with van der Waals surface area (Å²) in [5, 5.41) is 11.8. The average Bonchev–Trinajstić information content (AvgIpc) is 2.74. The van der Waals surface area contributed by atoms with E-state index in [-0.39, 0.29) is 10.6 Å². The zero-order valence-electron chi connectivity index (χ0n) is 8.78. The molecule has 0 amide bonds. The van der Waals surface area contributed by atoms with Gasteiger partial charge in [0.25, 0.3) is 0 Å². The molecule has 2 rings (SSSR count). The number of aliphatic hydroxyl groups excluding tert-OH is 1. The zero-order chi connectivity index (χ0) is 13.3. The lowest BCUT2D eigenvalue weighted by Gasteiger charge is -2.15. The summed E-state index contributed by atoms with van der Waals surface area (Å²) >= 11 is 4.19. The van der Waals surface area contributed by atoms with Crippen LogP contribution < -0.4 is 0 Å². The molecule has 1 heterocycles. The third-order valence-electron chi connectivity index (χ3n) is 2.29. The van der Waals surface area contributed by atoms with Crippen molar-refractivity contribution in [3.63, 3.8) is 0 Å². The fraction of sp³-hybridized carbons (Fsp3) is 0.182. The van der Waals surface area contributed by atoms with Crippen LogP contribution in [0.4, 0.5) is 13.2 Å². The van der Waals surface area contributed by atoms with Crippen molar-refractivity contribution in [3.05, 3.63) is 50.4 Å². The van der Waals surface area contributed by atoms with Gasteiger partial charge in [0.2, 0.25) is 0 Å². The highest BCUT2D eigenvalue weighted by Gasteiger charge is 2.35. The first-order chi connectivity index (χ1) is 8.39. The Kier molecular flexibility index (Phi) is 3.74. The molecule has 0 bridgehead atoms. The first kappa shape index (κ1) is 13.5. The van der Waals surface area contributed by atoms with Crippen molar-refractivity contribution >= 4 is 27.3 Å². The van der Waals surface area contributed by atoms with E-state index < -0.39 is 17.8 Å². The van der Waals surface area contributed by atoms with E-state index in [0.717, 1.165) is 17.4 Å². The summed E-state index contributed by atoms with van der Waals surface area (Å²) < 4.78 is 38.9. The van der Waals surface area contributed by atoms with Crippen LogP contribution in [0.2, 0.25) is 0 Å². The normalized spacial score (nSPS) is 13.6. The SMILES string of the molecule is OC(c1nc(Br)cs1)c1ccccc1C(F)(F)F. The molecule has 0 aliphatic rings. The Labute approximate surface area is 113 Å². The van der Waals surface area contributed by atoms with Gasteiger partial charge < -0.3 is 5.11 Å². The van der Waals surface area contributed by atoms with Crippen LogP contribution >= 0.6 is 27.3 Å². The Balaban J connectivity index is 2.45. The average molecular weight is 338 g/mol. The van der Waals surface area contributed by atoms with Crippen LogP contribution in [0, 0.1) is 0 Å². The second-order valence-electron chi connectivity index (χ2n) is 3.50. The molecule has 1 atom stereocenters. The van der Waals surface area contributed by atoms with Crippen LogP contribution in [0.3, 0.4) is 0 Å². The first-order valence-corrected chi connectivity index (χ1v) is 6.52. The van der Waals surface area contributed by atoms with Gasteiger partial charge in [-0.3, -0.25) is 0 Å². The summed E-state index contributed by atoms with van der Waals surface area (Å²) in [5.41, 5.74) is -1.03. The molecular weight excluding hydrogens is 331 g/mol. The Bertz CT molecular complexity index is 555. The van der Waals surface area contributed by atoms with E-state index in [1.807, 2.05) is 0 Å². The summed E-state index contributed by atoms with van der Waals surface area (Å²) in [6.07, 6.45) is -5.87. The van der Waals surface area contributed by atoms with Gasteiger partial charge in [0.15, 0.2) is 0 Å². The molecule has 0 aliphatic carbocycles. The van der Waals surface area contributed by atoms with Crippen LogP contribution in [0.1, 0.15) is 22.2 Å².